The maximum Gasteiger partial charge on any atom is 0.0584 e. The minimum atomic E-state index is 0.0348. The summed E-state index contributed by atoms with van der Waals surface area (Å²) in [6.07, 6.45) is 0. The van der Waals surface area contributed by atoms with E-state index in [4.69, 9.17) is 0 Å². The fourth-order valence-corrected chi connectivity index (χ4v) is 1.35. The Labute approximate surface area is 66.6 Å². The highest BCUT2D eigenvalue weighted by molar-refractivity contribution is 5.57. The van der Waals surface area contributed by atoms with Crippen LogP contribution >= 0.6 is 0 Å². The van der Waals surface area contributed by atoms with E-state index in [1.807, 2.05) is 18.2 Å². The Morgan fingerprint density at radius 3 is 3.00 bits per heavy atom. The maximum absolute atomic E-state index is 3.19. The van der Waals surface area contributed by atoms with E-state index in [-0.39, 0.29) is 5.54 Å². The van der Waals surface area contributed by atoms with Gasteiger partial charge < -0.3 is 5.43 Å². The van der Waals surface area contributed by atoms with Gasteiger partial charge in [-0.25, -0.2) is 5.43 Å². The highest BCUT2D eigenvalue weighted by atomic mass is 15.4. The zero-order valence-corrected chi connectivity index (χ0v) is 6.73. The molecular weight excluding hydrogens is 136 g/mol. The highest BCUT2D eigenvalue weighted by Crippen LogP contribution is 2.31. The highest BCUT2D eigenvalue weighted by Gasteiger charge is 2.28. The van der Waals surface area contributed by atoms with Crippen molar-refractivity contribution >= 4 is 5.69 Å². The minimum absolute atomic E-state index is 0.0348. The van der Waals surface area contributed by atoms with E-state index in [9.17, 15) is 0 Å². The van der Waals surface area contributed by atoms with Crippen LogP contribution in [-0.2, 0) is 5.54 Å². The van der Waals surface area contributed by atoms with Gasteiger partial charge in [0.05, 0.1) is 11.2 Å². The quantitative estimate of drug-likeness (QED) is 0.583. The fourth-order valence-electron chi connectivity index (χ4n) is 1.35. The van der Waals surface area contributed by atoms with Gasteiger partial charge in [-0.05, 0) is 37.6 Å². The predicted molar refractivity (Wildman–Crippen MR) is 45.1 cm³/mol. The summed E-state index contributed by atoms with van der Waals surface area (Å²) in [5.74, 6) is 0. The largest absolute Gasteiger partial charge is 0.320 e. The maximum atomic E-state index is 3.19. The van der Waals surface area contributed by atoms with Crippen LogP contribution in [0.2, 0.25) is 0 Å². The molecule has 1 aliphatic heterocycles. The molecule has 2 N–H and O–H groups in total. The van der Waals surface area contributed by atoms with Gasteiger partial charge in [0.15, 0.2) is 0 Å². The number of anilines is 1. The lowest BCUT2D eigenvalue weighted by Gasteiger charge is -2.17. The van der Waals surface area contributed by atoms with Crippen molar-refractivity contribution in [3.63, 3.8) is 0 Å². The Bertz CT molecular complexity index is 279. The van der Waals surface area contributed by atoms with Crippen LogP contribution in [0.4, 0.5) is 5.69 Å². The lowest BCUT2D eigenvalue weighted by atomic mass is 9.96. The predicted octanol–water partition coefficient (Wildman–Crippen LogP) is 1.65. The third kappa shape index (κ3) is 0.906. The van der Waals surface area contributed by atoms with Crippen LogP contribution < -0.4 is 10.9 Å². The number of nitrogens with one attached hydrogen (secondary N) is 2. The summed E-state index contributed by atoms with van der Waals surface area (Å²) in [6.45, 7) is 4.28. The molecule has 0 aromatic heterocycles. The van der Waals surface area contributed by atoms with E-state index in [1.165, 1.54) is 5.56 Å². The van der Waals surface area contributed by atoms with E-state index in [0.717, 1.165) is 5.69 Å². The second-order valence-electron chi connectivity index (χ2n) is 3.35. The van der Waals surface area contributed by atoms with Gasteiger partial charge in [-0.1, -0.05) is 6.07 Å². The molecule has 1 radical (unpaired) electrons. The molecule has 0 unspecified atom stereocenters. The smallest absolute Gasteiger partial charge is 0.0584 e. The number of benzene rings is 1. The van der Waals surface area contributed by atoms with E-state index in [1.54, 1.807) is 0 Å². The van der Waals surface area contributed by atoms with Crippen LogP contribution in [0, 0.1) is 6.07 Å². The molecule has 2 rings (SSSR count). The first-order valence-corrected chi connectivity index (χ1v) is 3.74. The molecule has 1 aromatic rings. The number of hydrazine groups is 1. The molecule has 1 aliphatic rings. The van der Waals surface area contributed by atoms with Crippen molar-refractivity contribution in [3.05, 3.63) is 29.8 Å². The van der Waals surface area contributed by atoms with E-state index >= 15 is 0 Å². The second kappa shape index (κ2) is 1.98. The average molecular weight is 147 g/mol. The summed E-state index contributed by atoms with van der Waals surface area (Å²) in [5, 5.41) is 0. The zero-order chi connectivity index (χ0) is 7.90. The van der Waals surface area contributed by atoms with E-state index < -0.39 is 0 Å². The minimum Gasteiger partial charge on any atom is -0.320 e. The first-order chi connectivity index (χ1) is 5.20. The van der Waals surface area contributed by atoms with Crippen molar-refractivity contribution in [3.8, 4) is 0 Å². The van der Waals surface area contributed by atoms with Crippen LogP contribution in [0.25, 0.3) is 0 Å². The number of hydrogen-bond acceptors (Lipinski definition) is 2. The summed E-state index contributed by atoms with van der Waals surface area (Å²) in [6, 6.07) is 9.02. The molecule has 11 heavy (non-hydrogen) atoms. The Morgan fingerprint density at radius 2 is 2.27 bits per heavy atom. The van der Waals surface area contributed by atoms with Crippen LogP contribution in [-0.4, -0.2) is 0 Å². The summed E-state index contributed by atoms with van der Waals surface area (Å²) in [7, 11) is 0. The molecule has 0 saturated heterocycles. The van der Waals surface area contributed by atoms with Crippen molar-refractivity contribution in [2.75, 3.05) is 5.43 Å². The Morgan fingerprint density at radius 1 is 1.45 bits per heavy atom. The Balaban J connectivity index is 2.56. The van der Waals surface area contributed by atoms with Crippen molar-refractivity contribution in [2.45, 2.75) is 19.4 Å². The van der Waals surface area contributed by atoms with Crippen molar-refractivity contribution in [1.82, 2.24) is 5.43 Å². The third-order valence-electron chi connectivity index (χ3n) is 2.05. The first-order valence-electron chi connectivity index (χ1n) is 3.74. The average Bonchev–Trinajstić information content (AvgIpc) is 2.29. The molecule has 2 nitrogen and oxygen atoms in total. The number of hydrogen-bond donors (Lipinski definition) is 2. The van der Waals surface area contributed by atoms with Gasteiger partial charge >= 0.3 is 0 Å². The van der Waals surface area contributed by atoms with Crippen LogP contribution in [0.1, 0.15) is 19.4 Å². The van der Waals surface area contributed by atoms with Gasteiger partial charge in [0, 0.05) is 0 Å². The molecule has 0 atom stereocenters. The SMILES string of the molecule is CC1(C)NNc2cc[c]cc21. The van der Waals surface area contributed by atoms with E-state index in [2.05, 4.69) is 30.8 Å². The topological polar surface area (TPSA) is 24.1 Å². The van der Waals surface area contributed by atoms with E-state index in [0.29, 0.717) is 0 Å². The normalized spacial score (nSPS) is 19.1. The summed E-state index contributed by atoms with van der Waals surface area (Å²) >= 11 is 0. The zero-order valence-electron chi connectivity index (χ0n) is 6.73. The molecule has 1 heterocycles. The summed E-state index contributed by atoms with van der Waals surface area (Å²) in [4.78, 5) is 0. The van der Waals surface area contributed by atoms with Gasteiger partial charge in [0.1, 0.15) is 0 Å². The third-order valence-corrected chi connectivity index (χ3v) is 2.05. The monoisotopic (exact) mass is 147 g/mol. The van der Waals surface area contributed by atoms with Gasteiger partial charge in [-0.2, -0.15) is 0 Å². The second-order valence-corrected chi connectivity index (χ2v) is 3.35. The van der Waals surface area contributed by atoms with Crippen LogP contribution in [0.15, 0.2) is 18.2 Å². The molecule has 0 bridgehead atoms. The first kappa shape index (κ1) is 6.68. The molecule has 2 heteroatoms. The summed E-state index contributed by atoms with van der Waals surface area (Å²) in [5.41, 5.74) is 8.79. The number of fused-ring (bicyclic) bond motifs is 1. The lowest BCUT2D eigenvalue weighted by molar-refractivity contribution is 0.471. The van der Waals surface area contributed by atoms with Crippen molar-refractivity contribution < 1.29 is 0 Å². The molecular formula is C9H11N2. The molecule has 57 valence electrons. The molecule has 0 spiro atoms. The summed E-state index contributed by atoms with van der Waals surface area (Å²) < 4.78 is 0. The molecule has 0 saturated carbocycles. The van der Waals surface area contributed by atoms with Crippen LogP contribution in [0.3, 0.4) is 0 Å². The standard InChI is InChI=1S/C9H11N2/c1-9(2)7-5-3-4-6-8(7)10-11-9/h4-6,10-11H,1-2H3. The molecule has 0 aliphatic carbocycles. The Kier molecular flexibility index (Phi) is 1.20. The lowest BCUT2D eigenvalue weighted by Crippen LogP contribution is -2.32. The number of rotatable bonds is 0. The van der Waals surface area contributed by atoms with Gasteiger partial charge in [-0.15, -0.1) is 0 Å². The molecule has 0 fully saturated rings. The molecule has 0 amide bonds. The van der Waals surface area contributed by atoms with Crippen molar-refractivity contribution in [2.24, 2.45) is 0 Å². The molecule has 1 aromatic carbocycles. The van der Waals surface area contributed by atoms with Gasteiger partial charge in [0.25, 0.3) is 0 Å². The fraction of sp³-hybridized carbons (Fsp3) is 0.333. The van der Waals surface area contributed by atoms with Crippen LogP contribution in [0.5, 0.6) is 0 Å². The van der Waals surface area contributed by atoms with Crippen molar-refractivity contribution in [1.29, 1.82) is 0 Å². The van der Waals surface area contributed by atoms with Gasteiger partial charge in [-0.3, -0.25) is 0 Å². The Hall–Kier alpha value is -1.02. The van der Waals surface area contributed by atoms with Gasteiger partial charge in [0.2, 0.25) is 0 Å².